The van der Waals surface area contributed by atoms with Crippen molar-refractivity contribution in [1.82, 2.24) is 14.4 Å². The van der Waals surface area contributed by atoms with Crippen molar-refractivity contribution in [2.45, 2.75) is 0 Å². The number of aliphatic hydroxyl groups excluding tert-OH is 1. The van der Waals surface area contributed by atoms with E-state index in [2.05, 4.69) is 9.80 Å². The first kappa shape index (κ1) is 13.3. The molecule has 2 heterocycles. The summed E-state index contributed by atoms with van der Waals surface area (Å²) in [6, 6.07) is 3.76. The van der Waals surface area contributed by atoms with Crippen LogP contribution in [0.15, 0.2) is 18.3 Å². The van der Waals surface area contributed by atoms with Gasteiger partial charge in [-0.2, -0.15) is 0 Å². The number of rotatable bonds is 5. The summed E-state index contributed by atoms with van der Waals surface area (Å²) in [6.07, 6.45) is 1.90. The van der Waals surface area contributed by atoms with Crippen molar-refractivity contribution in [2.75, 3.05) is 45.9 Å². The molecule has 1 N–H and O–H groups in total. The van der Waals surface area contributed by atoms with E-state index in [0.29, 0.717) is 6.54 Å². The lowest BCUT2D eigenvalue weighted by molar-refractivity contribution is 0.0816. The predicted molar refractivity (Wildman–Crippen MR) is 69.7 cm³/mol. The van der Waals surface area contributed by atoms with Gasteiger partial charge < -0.3 is 9.67 Å². The van der Waals surface area contributed by atoms with Crippen LogP contribution < -0.4 is 0 Å². The first-order chi connectivity index (χ1) is 8.70. The zero-order valence-electron chi connectivity index (χ0n) is 10.9. The lowest BCUT2D eigenvalue weighted by Crippen LogP contribution is -2.48. The van der Waals surface area contributed by atoms with Crippen LogP contribution in [-0.2, 0) is 7.05 Å². The molecule has 1 aromatic rings. The molecule has 0 unspecified atom stereocenters. The van der Waals surface area contributed by atoms with Crippen LogP contribution >= 0.6 is 0 Å². The molecule has 0 aromatic carbocycles. The van der Waals surface area contributed by atoms with Crippen LogP contribution in [0.2, 0.25) is 0 Å². The molecule has 5 heteroatoms. The maximum Gasteiger partial charge on any atom is 0.193 e. The lowest BCUT2D eigenvalue weighted by atomic mass is 10.2. The molecule has 1 aromatic heterocycles. The molecular formula is C13H21N3O2. The van der Waals surface area contributed by atoms with Gasteiger partial charge in [0, 0.05) is 46.0 Å². The Kier molecular flexibility index (Phi) is 4.52. The Morgan fingerprint density at radius 1 is 1.28 bits per heavy atom. The summed E-state index contributed by atoms with van der Waals surface area (Å²) >= 11 is 0. The number of Topliss-reactive ketones (excluding diaryl/α,β-unsaturated/α-hetero) is 1. The summed E-state index contributed by atoms with van der Waals surface area (Å²) in [5.41, 5.74) is 0.771. The van der Waals surface area contributed by atoms with Crippen molar-refractivity contribution < 1.29 is 9.90 Å². The monoisotopic (exact) mass is 251 g/mol. The Balaban J connectivity index is 1.81. The first-order valence-electron chi connectivity index (χ1n) is 6.41. The van der Waals surface area contributed by atoms with Gasteiger partial charge in [0.25, 0.3) is 0 Å². The molecule has 0 atom stereocenters. The average molecular weight is 251 g/mol. The Hall–Kier alpha value is -1.17. The maximum absolute atomic E-state index is 12.1. The molecule has 2 rings (SSSR count). The number of aryl methyl sites for hydroxylation is 1. The van der Waals surface area contributed by atoms with Crippen LogP contribution in [-0.4, -0.2) is 71.1 Å². The van der Waals surface area contributed by atoms with Crippen molar-refractivity contribution >= 4 is 5.78 Å². The molecule has 100 valence electrons. The van der Waals surface area contributed by atoms with E-state index in [1.54, 1.807) is 0 Å². The summed E-state index contributed by atoms with van der Waals surface area (Å²) in [5, 5.41) is 8.87. The fourth-order valence-electron chi connectivity index (χ4n) is 2.35. The molecule has 0 spiro atoms. The van der Waals surface area contributed by atoms with Crippen molar-refractivity contribution in [2.24, 2.45) is 7.05 Å². The van der Waals surface area contributed by atoms with Gasteiger partial charge in [0.15, 0.2) is 5.78 Å². The fraction of sp³-hybridized carbons (Fsp3) is 0.615. The van der Waals surface area contributed by atoms with Crippen molar-refractivity contribution in [3.63, 3.8) is 0 Å². The first-order valence-corrected chi connectivity index (χ1v) is 6.41. The second kappa shape index (κ2) is 6.13. The number of hydrogen-bond donors (Lipinski definition) is 1. The maximum atomic E-state index is 12.1. The molecule has 1 fully saturated rings. The Morgan fingerprint density at radius 3 is 2.50 bits per heavy atom. The molecule has 5 nitrogen and oxygen atoms in total. The number of nitrogens with zero attached hydrogens (tertiary/aromatic N) is 3. The number of carbonyl (C=O) groups excluding carboxylic acids is 1. The van der Waals surface area contributed by atoms with E-state index < -0.39 is 0 Å². The molecule has 0 aliphatic carbocycles. The molecule has 0 radical (unpaired) electrons. The van der Waals surface area contributed by atoms with Crippen molar-refractivity contribution in [1.29, 1.82) is 0 Å². The highest BCUT2D eigenvalue weighted by atomic mass is 16.3. The molecule has 1 aliphatic rings. The summed E-state index contributed by atoms with van der Waals surface area (Å²) < 4.78 is 1.87. The Morgan fingerprint density at radius 2 is 1.94 bits per heavy atom. The molecule has 1 saturated heterocycles. The van der Waals surface area contributed by atoms with Crippen LogP contribution in [0.5, 0.6) is 0 Å². The van der Waals surface area contributed by atoms with Crippen LogP contribution in [0.4, 0.5) is 0 Å². The quantitative estimate of drug-likeness (QED) is 0.737. The largest absolute Gasteiger partial charge is 0.395 e. The summed E-state index contributed by atoms with van der Waals surface area (Å²) in [4.78, 5) is 16.5. The van der Waals surface area contributed by atoms with E-state index >= 15 is 0 Å². The summed E-state index contributed by atoms with van der Waals surface area (Å²) in [7, 11) is 1.90. The van der Waals surface area contributed by atoms with Crippen LogP contribution in [0.3, 0.4) is 0 Å². The van der Waals surface area contributed by atoms with Gasteiger partial charge in [0.2, 0.25) is 0 Å². The zero-order valence-corrected chi connectivity index (χ0v) is 10.9. The number of hydrogen-bond acceptors (Lipinski definition) is 4. The predicted octanol–water partition coefficient (Wildman–Crippen LogP) is -0.182. The van der Waals surface area contributed by atoms with Gasteiger partial charge >= 0.3 is 0 Å². The normalized spacial score (nSPS) is 18.1. The zero-order chi connectivity index (χ0) is 13.0. The minimum Gasteiger partial charge on any atom is -0.395 e. The van der Waals surface area contributed by atoms with E-state index in [4.69, 9.17) is 5.11 Å². The second-order valence-corrected chi connectivity index (χ2v) is 4.77. The van der Waals surface area contributed by atoms with Gasteiger partial charge in [-0.1, -0.05) is 0 Å². The highest BCUT2D eigenvalue weighted by Crippen LogP contribution is 2.06. The van der Waals surface area contributed by atoms with Crippen molar-refractivity contribution in [3.8, 4) is 0 Å². The minimum atomic E-state index is 0.179. The average Bonchev–Trinajstić information content (AvgIpc) is 2.78. The molecule has 0 amide bonds. The Bertz CT molecular complexity index is 395. The summed E-state index contributed by atoms with van der Waals surface area (Å²) in [5.74, 6) is 0.179. The highest BCUT2D eigenvalue weighted by molar-refractivity contribution is 5.96. The Labute approximate surface area is 108 Å². The number of ketones is 1. The third-order valence-corrected chi connectivity index (χ3v) is 3.48. The second-order valence-electron chi connectivity index (χ2n) is 4.77. The van der Waals surface area contributed by atoms with Gasteiger partial charge in [0.05, 0.1) is 18.8 Å². The smallest absolute Gasteiger partial charge is 0.193 e. The SMILES string of the molecule is Cn1cccc1C(=O)CN1CCN(CCO)CC1. The number of piperazine rings is 1. The van der Waals surface area contributed by atoms with Gasteiger partial charge in [-0.15, -0.1) is 0 Å². The van der Waals surface area contributed by atoms with Crippen LogP contribution in [0.1, 0.15) is 10.5 Å². The fourth-order valence-corrected chi connectivity index (χ4v) is 2.35. The van der Waals surface area contributed by atoms with E-state index in [1.165, 1.54) is 0 Å². The van der Waals surface area contributed by atoms with Gasteiger partial charge in [-0.3, -0.25) is 14.6 Å². The standard InChI is InChI=1S/C13H21N3O2/c1-14-4-2-3-12(14)13(18)11-16-7-5-15(6-8-16)9-10-17/h2-4,17H,5-11H2,1H3. The van der Waals surface area contributed by atoms with E-state index in [1.807, 2.05) is 29.9 Å². The number of aromatic nitrogens is 1. The topological polar surface area (TPSA) is 48.7 Å². The van der Waals surface area contributed by atoms with E-state index in [-0.39, 0.29) is 12.4 Å². The molecule has 0 saturated carbocycles. The van der Waals surface area contributed by atoms with E-state index in [9.17, 15) is 4.79 Å². The van der Waals surface area contributed by atoms with Crippen molar-refractivity contribution in [3.05, 3.63) is 24.0 Å². The van der Waals surface area contributed by atoms with Gasteiger partial charge in [-0.05, 0) is 12.1 Å². The minimum absolute atomic E-state index is 0.179. The molecular weight excluding hydrogens is 230 g/mol. The highest BCUT2D eigenvalue weighted by Gasteiger charge is 2.19. The van der Waals surface area contributed by atoms with Gasteiger partial charge in [0.1, 0.15) is 0 Å². The van der Waals surface area contributed by atoms with Gasteiger partial charge in [-0.25, -0.2) is 0 Å². The molecule has 0 bridgehead atoms. The summed E-state index contributed by atoms with van der Waals surface area (Å²) in [6.45, 7) is 5.10. The van der Waals surface area contributed by atoms with Crippen LogP contribution in [0.25, 0.3) is 0 Å². The molecule has 1 aliphatic heterocycles. The third-order valence-electron chi connectivity index (χ3n) is 3.48. The van der Waals surface area contributed by atoms with Crippen LogP contribution in [0, 0.1) is 0 Å². The lowest BCUT2D eigenvalue weighted by Gasteiger charge is -2.33. The van der Waals surface area contributed by atoms with E-state index in [0.717, 1.165) is 38.4 Å². The number of aliphatic hydroxyl groups is 1. The number of β-amino-alcohol motifs (C(OH)–C–C–N with tert-alkyl or cyclic N) is 1. The molecule has 18 heavy (non-hydrogen) atoms. The number of carbonyl (C=O) groups is 1. The third kappa shape index (κ3) is 3.19.